The Morgan fingerprint density at radius 3 is 2.62 bits per heavy atom. The molecule has 2 heterocycles. The van der Waals surface area contributed by atoms with Gasteiger partial charge >= 0.3 is 13.2 Å². The van der Waals surface area contributed by atoms with E-state index in [0.717, 1.165) is 11.3 Å². The first kappa shape index (κ1) is 19.1. The van der Waals surface area contributed by atoms with Crippen LogP contribution in [-0.2, 0) is 14.0 Å². The summed E-state index contributed by atoms with van der Waals surface area (Å²) in [6.07, 6.45) is -0.634. The van der Waals surface area contributed by atoms with Gasteiger partial charge in [-0.2, -0.15) is 0 Å². The largest absolute Gasteiger partial charge is 0.496 e. The van der Waals surface area contributed by atoms with Crippen molar-refractivity contribution in [3.05, 3.63) is 17.9 Å². The van der Waals surface area contributed by atoms with Gasteiger partial charge < -0.3 is 14.0 Å². The van der Waals surface area contributed by atoms with E-state index < -0.39 is 24.6 Å². The minimum atomic E-state index is -0.634. The summed E-state index contributed by atoms with van der Waals surface area (Å²) in [7, 11) is -0.609. The second kappa shape index (κ2) is 6.79. The Labute approximate surface area is 156 Å². The first-order valence-electron chi connectivity index (χ1n) is 8.36. The highest BCUT2D eigenvalue weighted by Crippen LogP contribution is 2.29. The van der Waals surface area contributed by atoms with E-state index in [1.165, 1.54) is 6.07 Å². The maximum Gasteiger partial charge on any atom is 0.496 e. The number of hydrogen-bond acceptors (Lipinski definition) is 6. The second-order valence-corrected chi connectivity index (χ2v) is 9.08. The zero-order valence-electron chi connectivity index (χ0n) is 15.5. The molecule has 0 unspecified atom stereocenters. The van der Waals surface area contributed by atoms with E-state index in [4.69, 9.17) is 14.0 Å². The molecule has 26 heavy (non-hydrogen) atoms. The molecule has 0 atom stereocenters. The molecule has 1 amide bonds. The summed E-state index contributed by atoms with van der Waals surface area (Å²) in [5.74, 6) is -0.408. The van der Waals surface area contributed by atoms with Crippen molar-refractivity contribution in [1.82, 2.24) is 4.98 Å². The van der Waals surface area contributed by atoms with Crippen LogP contribution in [0.5, 0.6) is 0 Å². The lowest BCUT2D eigenvalue weighted by Gasteiger charge is -2.33. The molecule has 6 nitrogen and oxygen atoms in total. The number of rotatable bonds is 2. The summed E-state index contributed by atoms with van der Waals surface area (Å²) in [6, 6.07) is 2.97. The van der Waals surface area contributed by atoms with Gasteiger partial charge in [-0.15, -0.1) is 0 Å². The van der Waals surface area contributed by atoms with Crippen LogP contribution < -0.4 is 10.8 Å². The number of anilines is 1. The van der Waals surface area contributed by atoms with Gasteiger partial charge in [0, 0.05) is 24.1 Å². The highest BCUT2D eigenvalue weighted by atomic mass is 32.1. The molecule has 0 bridgehead atoms. The number of nitrogens with zero attached hydrogens (tertiary/aromatic N) is 1. The van der Waals surface area contributed by atoms with Gasteiger partial charge in [-0.1, -0.05) is 31.3 Å². The number of carbonyl (C=O) groups excluding carboxylic acids is 1. The van der Waals surface area contributed by atoms with Crippen molar-refractivity contribution in [2.45, 2.75) is 40.2 Å². The van der Waals surface area contributed by atoms with Gasteiger partial charge in [0.15, 0.2) is 5.13 Å². The van der Waals surface area contributed by atoms with Crippen molar-refractivity contribution in [1.29, 1.82) is 0 Å². The molecule has 1 aromatic carbocycles. The lowest BCUT2D eigenvalue weighted by molar-refractivity contribution is 0.0344. The average molecular weight is 380 g/mol. The fraction of sp³-hybridized carbons (Fsp3) is 0.529. The van der Waals surface area contributed by atoms with E-state index in [1.54, 1.807) is 26.8 Å². The third-order valence-electron chi connectivity index (χ3n) is 3.64. The fourth-order valence-electron chi connectivity index (χ4n) is 2.50. The third-order valence-corrected chi connectivity index (χ3v) is 4.62. The van der Waals surface area contributed by atoms with Crippen LogP contribution in [0.25, 0.3) is 10.2 Å². The van der Waals surface area contributed by atoms with Crippen molar-refractivity contribution in [2.75, 3.05) is 18.5 Å². The molecule has 0 radical (unpaired) electrons. The van der Waals surface area contributed by atoms with E-state index >= 15 is 0 Å². The molecule has 1 aliphatic rings. The summed E-state index contributed by atoms with van der Waals surface area (Å²) >= 11 is 1.05. The number of halogens is 1. The molecule has 1 aromatic heterocycles. The van der Waals surface area contributed by atoms with Gasteiger partial charge in [-0.05, 0) is 26.8 Å². The van der Waals surface area contributed by atoms with Crippen molar-refractivity contribution >= 4 is 45.4 Å². The van der Waals surface area contributed by atoms with Crippen LogP contribution in [0.3, 0.4) is 0 Å². The minimum Gasteiger partial charge on any atom is -0.444 e. The Morgan fingerprint density at radius 1 is 1.35 bits per heavy atom. The predicted molar refractivity (Wildman–Crippen MR) is 101 cm³/mol. The standard InChI is InChI=1S/C17H22BFN2O4S/c1-16(2,3)25-15(22)21-14-20-12-10(6-7-11(19)13(12)26-14)18-23-8-17(4,5)9-24-18/h6-7H,8-9H2,1-5H3,(H,20,21,22). The lowest BCUT2D eigenvalue weighted by atomic mass is 9.75. The second-order valence-electron chi connectivity index (χ2n) is 8.08. The number of benzene rings is 1. The highest BCUT2D eigenvalue weighted by molar-refractivity contribution is 7.22. The average Bonchev–Trinajstić information content (AvgIpc) is 2.90. The number of aromatic nitrogens is 1. The third kappa shape index (κ3) is 4.33. The molecule has 2 aromatic rings. The number of carbonyl (C=O) groups is 1. The Balaban J connectivity index is 1.86. The van der Waals surface area contributed by atoms with Gasteiger partial charge in [0.2, 0.25) is 0 Å². The Hall–Kier alpha value is -1.71. The minimum absolute atomic E-state index is 0.0683. The van der Waals surface area contributed by atoms with Crippen LogP contribution in [-0.4, -0.2) is 37.0 Å². The van der Waals surface area contributed by atoms with Gasteiger partial charge in [0.25, 0.3) is 0 Å². The predicted octanol–water partition coefficient (Wildman–Crippen LogP) is 3.55. The maximum atomic E-state index is 14.2. The maximum absolute atomic E-state index is 14.2. The van der Waals surface area contributed by atoms with Gasteiger partial charge in [-0.25, -0.2) is 14.2 Å². The first-order chi connectivity index (χ1) is 12.0. The number of amides is 1. The molecule has 3 rings (SSSR count). The smallest absolute Gasteiger partial charge is 0.444 e. The molecule has 1 N–H and O–H groups in total. The number of fused-ring (bicyclic) bond motifs is 1. The summed E-state index contributed by atoms with van der Waals surface area (Å²) < 4.78 is 31.4. The van der Waals surface area contributed by atoms with E-state index in [1.807, 2.05) is 0 Å². The topological polar surface area (TPSA) is 69.7 Å². The molecule has 1 aliphatic heterocycles. The number of nitrogens with one attached hydrogen (secondary N) is 1. The van der Waals surface area contributed by atoms with Gasteiger partial charge in [0.1, 0.15) is 11.4 Å². The Bertz CT molecular complexity index is 824. The molecule has 1 saturated heterocycles. The van der Waals surface area contributed by atoms with Crippen LogP contribution in [0.2, 0.25) is 0 Å². The quantitative estimate of drug-likeness (QED) is 0.807. The lowest BCUT2D eigenvalue weighted by Crippen LogP contribution is -2.47. The van der Waals surface area contributed by atoms with E-state index in [0.29, 0.717) is 28.9 Å². The van der Waals surface area contributed by atoms with Crippen molar-refractivity contribution in [3.63, 3.8) is 0 Å². The van der Waals surface area contributed by atoms with Gasteiger partial charge in [-0.3, -0.25) is 5.32 Å². The van der Waals surface area contributed by atoms with Crippen LogP contribution in [0.15, 0.2) is 12.1 Å². The van der Waals surface area contributed by atoms with E-state index in [2.05, 4.69) is 24.1 Å². The zero-order chi connectivity index (χ0) is 19.1. The summed E-state index contributed by atoms with van der Waals surface area (Å²) in [5, 5.41) is 2.82. The summed E-state index contributed by atoms with van der Waals surface area (Å²) in [4.78, 5) is 16.3. The molecular weight excluding hydrogens is 358 g/mol. The van der Waals surface area contributed by atoms with Crippen LogP contribution >= 0.6 is 11.3 Å². The van der Waals surface area contributed by atoms with Crippen molar-refractivity contribution < 1.29 is 23.2 Å². The summed E-state index contributed by atoms with van der Waals surface area (Å²) in [5.41, 5.74) is 0.366. The molecule has 140 valence electrons. The fourth-order valence-corrected chi connectivity index (χ4v) is 3.39. The van der Waals surface area contributed by atoms with Crippen LogP contribution in [0, 0.1) is 11.2 Å². The molecule has 0 aliphatic carbocycles. The molecule has 9 heteroatoms. The monoisotopic (exact) mass is 380 g/mol. The number of thiazole rings is 1. The number of ether oxygens (including phenoxy) is 1. The molecule has 0 saturated carbocycles. The molecule has 0 spiro atoms. The summed E-state index contributed by atoms with van der Waals surface area (Å²) in [6.45, 7) is 10.5. The van der Waals surface area contributed by atoms with Crippen molar-refractivity contribution in [3.8, 4) is 0 Å². The van der Waals surface area contributed by atoms with Gasteiger partial charge in [0.05, 0.1) is 10.2 Å². The SMILES string of the molecule is CC1(C)COB(c2ccc(F)c3sc(NC(=O)OC(C)(C)C)nc23)OC1. The first-order valence-corrected chi connectivity index (χ1v) is 9.18. The Morgan fingerprint density at radius 2 is 2.00 bits per heavy atom. The zero-order valence-corrected chi connectivity index (χ0v) is 16.3. The van der Waals surface area contributed by atoms with E-state index in [9.17, 15) is 9.18 Å². The number of hydrogen-bond donors (Lipinski definition) is 1. The normalized spacial score (nSPS) is 17.4. The molecular formula is C17H22BFN2O4S. The van der Waals surface area contributed by atoms with Crippen LogP contribution in [0.4, 0.5) is 14.3 Å². The highest BCUT2D eigenvalue weighted by Gasteiger charge is 2.35. The van der Waals surface area contributed by atoms with Crippen LogP contribution in [0.1, 0.15) is 34.6 Å². The molecule has 1 fully saturated rings. The van der Waals surface area contributed by atoms with Crippen molar-refractivity contribution in [2.24, 2.45) is 5.41 Å². The Kier molecular flexibility index (Phi) is 4.98. The van der Waals surface area contributed by atoms with E-state index in [-0.39, 0.29) is 10.5 Å².